The molecule has 0 spiro atoms. The van der Waals surface area contributed by atoms with Crippen LogP contribution in [-0.4, -0.2) is 11.8 Å². The number of carbonyl (C=O) groups excluding carboxylic acids is 2. The van der Waals surface area contributed by atoms with Gasteiger partial charge in [0.15, 0.2) is 5.75 Å². The second kappa shape index (κ2) is 5.31. The Morgan fingerprint density at radius 3 is 2.00 bits per heavy atom. The highest BCUT2D eigenvalue weighted by Gasteiger charge is 2.14. The van der Waals surface area contributed by atoms with Gasteiger partial charge in [0.05, 0.1) is 16.8 Å². The van der Waals surface area contributed by atoms with Crippen molar-refractivity contribution in [3.05, 3.63) is 53.6 Å². The van der Waals surface area contributed by atoms with Gasteiger partial charge >= 0.3 is 0 Å². The fourth-order valence-electron chi connectivity index (χ4n) is 1.73. The Morgan fingerprint density at radius 1 is 0.800 bits per heavy atom. The Bertz CT molecular complexity index is 683. The first kappa shape index (κ1) is 13.4. The monoisotopic (exact) mass is 271 g/mol. The number of nitrogen functional groups attached to an aromatic ring is 1. The summed E-state index contributed by atoms with van der Waals surface area (Å²) in [5.41, 5.74) is 16.8. The number of anilines is 1. The molecule has 0 aliphatic rings. The first-order valence-electron chi connectivity index (χ1n) is 5.75. The number of hydrogen-bond acceptors (Lipinski definition) is 4. The molecule has 2 rings (SSSR count). The fourth-order valence-corrected chi connectivity index (χ4v) is 1.73. The molecule has 0 saturated heterocycles. The largest absolute Gasteiger partial charge is 0.454 e. The molecule has 0 radical (unpaired) electrons. The molecular weight excluding hydrogens is 258 g/mol. The van der Waals surface area contributed by atoms with Crippen molar-refractivity contribution >= 4 is 17.5 Å². The number of para-hydroxylation sites is 2. The molecule has 0 heterocycles. The van der Waals surface area contributed by atoms with E-state index in [0.717, 1.165) is 0 Å². The van der Waals surface area contributed by atoms with E-state index in [0.29, 0.717) is 0 Å². The van der Waals surface area contributed by atoms with Gasteiger partial charge in [0.2, 0.25) is 0 Å². The molecule has 0 saturated carbocycles. The molecule has 0 unspecified atom stereocenters. The van der Waals surface area contributed by atoms with Crippen molar-refractivity contribution < 1.29 is 14.3 Å². The van der Waals surface area contributed by atoms with E-state index in [4.69, 9.17) is 21.9 Å². The lowest BCUT2D eigenvalue weighted by Crippen LogP contribution is -2.14. The van der Waals surface area contributed by atoms with Crippen LogP contribution in [0.5, 0.6) is 11.5 Å². The zero-order chi connectivity index (χ0) is 14.7. The molecule has 2 aromatic rings. The summed E-state index contributed by atoms with van der Waals surface area (Å²) in [6.45, 7) is 0. The van der Waals surface area contributed by atoms with Gasteiger partial charge in [0.1, 0.15) is 5.75 Å². The van der Waals surface area contributed by atoms with E-state index in [1.165, 1.54) is 12.1 Å². The molecule has 102 valence electrons. The highest BCUT2D eigenvalue weighted by molar-refractivity contribution is 5.99. The van der Waals surface area contributed by atoms with Crippen LogP contribution >= 0.6 is 0 Å². The molecule has 2 amide bonds. The summed E-state index contributed by atoms with van der Waals surface area (Å²) in [6, 6.07) is 11.1. The number of primary amides is 2. The standard InChI is InChI=1S/C14H13N3O3/c15-12-9(14(17)19)5-3-7-11(12)20-10-6-2-1-4-8(10)13(16)18/h1-7H,15H2,(H2,16,18)(H2,17,19). The molecular formula is C14H13N3O3. The Balaban J connectivity index is 2.43. The third-order valence-electron chi connectivity index (χ3n) is 2.70. The van der Waals surface area contributed by atoms with E-state index in [1.54, 1.807) is 30.3 Å². The second-order valence-electron chi connectivity index (χ2n) is 4.04. The highest BCUT2D eigenvalue weighted by Crippen LogP contribution is 2.31. The quantitative estimate of drug-likeness (QED) is 0.724. The van der Waals surface area contributed by atoms with Crippen LogP contribution in [-0.2, 0) is 0 Å². The molecule has 0 aliphatic heterocycles. The van der Waals surface area contributed by atoms with Crippen LogP contribution in [0.4, 0.5) is 5.69 Å². The van der Waals surface area contributed by atoms with Crippen molar-refractivity contribution in [3.63, 3.8) is 0 Å². The Morgan fingerprint density at radius 2 is 1.35 bits per heavy atom. The Hall–Kier alpha value is -3.02. The average molecular weight is 271 g/mol. The summed E-state index contributed by atoms with van der Waals surface area (Å²) in [5.74, 6) is -0.787. The van der Waals surface area contributed by atoms with E-state index < -0.39 is 11.8 Å². The van der Waals surface area contributed by atoms with E-state index in [1.807, 2.05) is 0 Å². The predicted octanol–water partition coefficient (Wildman–Crippen LogP) is 1.26. The van der Waals surface area contributed by atoms with E-state index in [2.05, 4.69) is 0 Å². The van der Waals surface area contributed by atoms with Gasteiger partial charge in [-0.2, -0.15) is 0 Å². The van der Waals surface area contributed by atoms with Crippen LogP contribution in [0.25, 0.3) is 0 Å². The van der Waals surface area contributed by atoms with Gasteiger partial charge in [0.25, 0.3) is 11.8 Å². The zero-order valence-electron chi connectivity index (χ0n) is 10.5. The minimum absolute atomic E-state index is 0.110. The van der Waals surface area contributed by atoms with Gasteiger partial charge < -0.3 is 21.9 Å². The van der Waals surface area contributed by atoms with Crippen LogP contribution < -0.4 is 21.9 Å². The van der Waals surface area contributed by atoms with E-state index in [-0.39, 0.29) is 28.3 Å². The molecule has 6 nitrogen and oxygen atoms in total. The van der Waals surface area contributed by atoms with E-state index >= 15 is 0 Å². The molecule has 6 N–H and O–H groups in total. The number of hydrogen-bond donors (Lipinski definition) is 3. The van der Waals surface area contributed by atoms with Crippen molar-refractivity contribution in [2.24, 2.45) is 11.5 Å². The maximum absolute atomic E-state index is 11.3. The number of ether oxygens (including phenoxy) is 1. The summed E-state index contributed by atoms with van der Waals surface area (Å²) in [4.78, 5) is 22.5. The molecule has 2 aromatic carbocycles. The van der Waals surface area contributed by atoms with Crippen molar-refractivity contribution in [2.75, 3.05) is 5.73 Å². The summed E-state index contributed by atoms with van der Waals surface area (Å²) < 4.78 is 5.56. The van der Waals surface area contributed by atoms with Gasteiger partial charge in [-0.25, -0.2) is 0 Å². The van der Waals surface area contributed by atoms with Crippen LogP contribution in [0.2, 0.25) is 0 Å². The summed E-state index contributed by atoms with van der Waals surface area (Å²) in [7, 11) is 0. The smallest absolute Gasteiger partial charge is 0.252 e. The minimum Gasteiger partial charge on any atom is -0.454 e. The van der Waals surface area contributed by atoms with Crippen LogP contribution in [0.3, 0.4) is 0 Å². The summed E-state index contributed by atoms with van der Waals surface area (Å²) in [6.07, 6.45) is 0. The maximum atomic E-state index is 11.3. The third-order valence-corrected chi connectivity index (χ3v) is 2.70. The average Bonchev–Trinajstić information content (AvgIpc) is 2.41. The second-order valence-corrected chi connectivity index (χ2v) is 4.04. The van der Waals surface area contributed by atoms with Crippen molar-refractivity contribution in [1.29, 1.82) is 0 Å². The van der Waals surface area contributed by atoms with Crippen LogP contribution in [0, 0.1) is 0 Å². The minimum atomic E-state index is -0.656. The number of amides is 2. The Labute approximate surface area is 115 Å². The van der Waals surface area contributed by atoms with Crippen LogP contribution in [0.15, 0.2) is 42.5 Å². The topological polar surface area (TPSA) is 121 Å². The first-order chi connectivity index (χ1) is 9.50. The van der Waals surface area contributed by atoms with Gasteiger partial charge in [-0.3, -0.25) is 9.59 Å². The van der Waals surface area contributed by atoms with Gasteiger partial charge in [-0.1, -0.05) is 18.2 Å². The molecule has 0 atom stereocenters. The molecule has 0 fully saturated rings. The molecule has 6 heteroatoms. The first-order valence-corrected chi connectivity index (χ1v) is 5.75. The zero-order valence-corrected chi connectivity index (χ0v) is 10.5. The SMILES string of the molecule is NC(=O)c1ccccc1Oc1cccc(C(N)=O)c1N. The lowest BCUT2D eigenvalue weighted by atomic mass is 10.1. The molecule has 20 heavy (non-hydrogen) atoms. The van der Waals surface area contributed by atoms with Gasteiger partial charge in [-0.05, 0) is 24.3 Å². The molecule has 0 aromatic heterocycles. The lowest BCUT2D eigenvalue weighted by molar-refractivity contribution is 0.0990. The predicted molar refractivity (Wildman–Crippen MR) is 74.4 cm³/mol. The summed E-state index contributed by atoms with van der Waals surface area (Å²) in [5, 5.41) is 0. The lowest BCUT2D eigenvalue weighted by Gasteiger charge is -2.12. The van der Waals surface area contributed by atoms with Gasteiger partial charge in [-0.15, -0.1) is 0 Å². The Kier molecular flexibility index (Phi) is 3.56. The maximum Gasteiger partial charge on any atom is 0.252 e. The number of benzene rings is 2. The number of carbonyl (C=O) groups is 2. The summed E-state index contributed by atoms with van der Waals surface area (Å²) >= 11 is 0. The normalized spacial score (nSPS) is 10.0. The third kappa shape index (κ3) is 2.54. The van der Waals surface area contributed by atoms with Crippen LogP contribution in [0.1, 0.15) is 20.7 Å². The fraction of sp³-hybridized carbons (Fsp3) is 0. The molecule has 0 aliphatic carbocycles. The molecule has 0 bridgehead atoms. The van der Waals surface area contributed by atoms with E-state index in [9.17, 15) is 9.59 Å². The number of nitrogens with two attached hydrogens (primary N) is 3. The van der Waals surface area contributed by atoms with Crippen molar-refractivity contribution in [3.8, 4) is 11.5 Å². The highest BCUT2D eigenvalue weighted by atomic mass is 16.5. The van der Waals surface area contributed by atoms with Crippen molar-refractivity contribution in [2.45, 2.75) is 0 Å². The van der Waals surface area contributed by atoms with Crippen molar-refractivity contribution in [1.82, 2.24) is 0 Å². The number of rotatable bonds is 4. The van der Waals surface area contributed by atoms with Gasteiger partial charge in [0, 0.05) is 0 Å².